The van der Waals surface area contributed by atoms with Gasteiger partial charge >= 0.3 is 0 Å². The topological polar surface area (TPSA) is 69.3 Å². The summed E-state index contributed by atoms with van der Waals surface area (Å²) < 4.78 is 7.45. The molecular weight excluding hydrogens is 288 g/mol. The highest BCUT2D eigenvalue weighted by Crippen LogP contribution is 2.20. The van der Waals surface area contributed by atoms with Crippen LogP contribution in [0.5, 0.6) is 0 Å². The summed E-state index contributed by atoms with van der Waals surface area (Å²) in [5.41, 5.74) is 12.9. The summed E-state index contributed by atoms with van der Waals surface area (Å²) in [6, 6.07) is 10.4. The van der Waals surface area contributed by atoms with Crippen molar-refractivity contribution in [2.24, 2.45) is 0 Å². The van der Waals surface area contributed by atoms with Crippen molar-refractivity contribution in [2.75, 3.05) is 5.73 Å². The van der Waals surface area contributed by atoms with Crippen LogP contribution in [-0.2, 0) is 12.8 Å². The Morgan fingerprint density at radius 3 is 2.83 bits per heavy atom. The number of hydrogen-bond donors (Lipinski definition) is 1. The second-order valence-electron chi connectivity index (χ2n) is 5.93. The van der Waals surface area contributed by atoms with E-state index in [-0.39, 0.29) is 6.01 Å². The van der Waals surface area contributed by atoms with Crippen LogP contribution >= 0.6 is 0 Å². The number of hydrogen-bond acceptors (Lipinski definition) is 4. The van der Waals surface area contributed by atoms with Gasteiger partial charge in [-0.15, -0.1) is 0 Å². The van der Waals surface area contributed by atoms with Gasteiger partial charge in [-0.25, -0.2) is 4.98 Å². The molecule has 0 aliphatic heterocycles. The van der Waals surface area contributed by atoms with Crippen molar-refractivity contribution in [1.29, 1.82) is 0 Å². The minimum Gasteiger partial charge on any atom is -0.424 e. The van der Waals surface area contributed by atoms with Gasteiger partial charge in [0.25, 0.3) is 6.01 Å². The summed E-state index contributed by atoms with van der Waals surface area (Å²) in [7, 11) is 0. The largest absolute Gasteiger partial charge is 0.424 e. The summed E-state index contributed by atoms with van der Waals surface area (Å²) in [5.74, 6) is 0. The molecule has 2 N–H and O–H groups in total. The van der Waals surface area contributed by atoms with E-state index in [1.807, 2.05) is 12.1 Å². The number of nitrogen functional groups attached to an aromatic ring is 1. The summed E-state index contributed by atoms with van der Waals surface area (Å²) >= 11 is 0. The number of fused-ring (bicyclic) bond motifs is 2. The fourth-order valence-electron chi connectivity index (χ4n) is 2.96. The smallest absolute Gasteiger partial charge is 0.292 e. The minimum atomic E-state index is 0.212. The molecule has 0 aliphatic carbocycles. The summed E-state index contributed by atoms with van der Waals surface area (Å²) in [6.07, 6.45) is 3.89. The van der Waals surface area contributed by atoms with Gasteiger partial charge in [0.05, 0.1) is 5.69 Å². The molecule has 3 heterocycles. The highest BCUT2D eigenvalue weighted by atomic mass is 16.4. The van der Waals surface area contributed by atoms with Crippen LogP contribution in [0.4, 0.5) is 6.01 Å². The zero-order valence-corrected chi connectivity index (χ0v) is 13.2. The standard InChI is InChI=1S/C18H18N4O/c1-11-7-8-22-12(2)14(20-17(22)9-11)5-3-13-4-6-16-15(10-13)21-18(19)23-16/h4,6-10H,3,5H2,1-2H3,(H2,19,21). The lowest BCUT2D eigenvalue weighted by Crippen LogP contribution is -1.95. The van der Waals surface area contributed by atoms with Crippen LogP contribution in [0.25, 0.3) is 16.7 Å². The Balaban J connectivity index is 1.61. The number of imidazole rings is 1. The van der Waals surface area contributed by atoms with Gasteiger partial charge in [-0.1, -0.05) is 6.07 Å². The van der Waals surface area contributed by atoms with Crippen molar-refractivity contribution in [3.8, 4) is 0 Å². The fraction of sp³-hybridized carbons (Fsp3) is 0.222. The van der Waals surface area contributed by atoms with E-state index in [0.29, 0.717) is 0 Å². The lowest BCUT2D eigenvalue weighted by atomic mass is 10.1. The highest BCUT2D eigenvalue weighted by molar-refractivity contribution is 5.74. The summed E-state index contributed by atoms with van der Waals surface area (Å²) in [6.45, 7) is 4.20. The van der Waals surface area contributed by atoms with E-state index in [1.165, 1.54) is 16.8 Å². The van der Waals surface area contributed by atoms with E-state index >= 15 is 0 Å². The first-order valence-electron chi connectivity index (χ1n) is 7.69. The maximum absolute atomic E-state index is 5.59. The van der Waals surface area contributed by atoms with Crippen molar-refractivity contribution in [2.45, 2.75) is 26.7 Å². The van der Waals surface area contributed by atoms with Gasteiger partial charge in [0.15, 0.2) is 5.58 Å². The molecule has 0 amide bonds. The molecule has 0 radical (unpaired) electrons. The van der Waals surface area contributed by atoms with E-state index in [0.717, 1.165) is 35.3 Å². The maximum Gasteiger partial charge on any atom is 0.292 e. The number of rotatable bonds is 3. The second kappa shape index (κ2) is 5.12. The van der Waals surface area contributed by atoms with E-state index in [2.05, 4.69) is 47.6 Å². The third-order valence-corrected chi connectivity index (χ3v) is 4.24. The van der Waals surface area contributed by atoms with Crippen molar-refractivity contribution in [3.63, 3.8) is 0 Å². The van der Waals surface area contributed by atoms with Gasteiger partial charge in [0, 0.05) is 11.9 Å². The quantitative estimate of drug-likeness (QED) is 0.629. The van der Waals surface area contributed by atoms with Crippen LogP contribution in [0.2, 0.25) is 0 Å². The molecule has 23 heavy (non-hydrogen) atoms. The lowest BCUT2D eigenvalue weighted by molar-refractivity contribution is 0.626. The molecule has 5 nitrogen and oxygen atoms in total. The highest BCUT2D eigenvalue weighted by Gasteiger charge is 2.09. The number of nitrogens with two attached hydrogens (primary N) is 1. The average Bonchev–Trinajstić information content (AvgIpc) is 3.03. The molecule has 0 unspecified atom stereocenters. The Hall–Kier alpha value is -2.82. The van der Waals surface area contributed by atoms with E-state index < -0.39 is 0 Å². The van der Waals surface area contributed by atoms with Crippen LogP contribution in [0.3, 0.4) is 0 Å². The Morgan fingerprint density at radius 2 is 1.96 bits per heavy atom. The van der Waals surface area contributed by atoms with Crippen LogP contribution < -0.4 is 5.73 Å². The Bertz CT molecular complexity index is 1010. The third-order valence-electron chi connectivity index (χ3n) is 4.24. The molecule has 116 valence electrons. The molecule has 0 saturated carbocycles. The minimum absolute atomic E-state index is 0.212. The van der Waals surface area contributed by atoms with Gasteiger partial charge in [0.2, 0.25) is 0 Å². The van der Waals surface area contributed by atoms with Crippen LogP contribution in [0.15, 0.2) is 40.9 Å². The van der Waals surface area contributed by atoms with Gasteiger partial charge < -0.3 is 14.6 Å². The number of benzene rings is 1. The molecule has 4 aromatic rings. The van der Waals surface area contributed by atoms with Gasteiger partial charge in [-0.05, 0) is 62.1 Å². The molecule has 5 heteroatoms. The fourth-order valence-corrected chi connectivity index (χ4v) is 2.96. The van der Waals surface area contributed by atoms with E-state index in [4.69, 9.17) is 15.1 Å². The predicted molar refractivity (Wildman–Crippen MR) is 90.5 cm³/mol. The number of aromatic nitrogens is 3. The van der Waals surface area contributed by atoms with Crippen molar-refractivity contribution < 1.29 is 4.42 Å². The lowest BCUT2D eigenvalue weighted by Gasteiger charge is -2.01. The Morgan fingerprint density at radius 1 is 1.09 bits per heavy atom. The molecule has 3 aromatic heterocycles. The maximum atomic E-state index is 5.59. The van der Waals surface area contributed by atoms with Crippen LogP contribution in [0.1, 0.15) is 22.5 Å². The summed E-state index contributed by atoms with van der Waals surface area (Å²) in [4.78, 5) is 8.95. The number of nitrogens with zero attached hydrogens (tertiary/aromatic N) is 3. The second-order valence-corrected chi connectivity index (χ2v) is 5.93. The zero-order chi connectivity index (χ0) is 16.0. The Labute approximate surface area is 133 Å². The molecule has 0 fully saturated rings. The SMILES string of the molecule is Cc1ccn2c(C)c(CCc3ccc4oc(N)nc4c3)nc2c1. The predicted octanol–water partition coefficient (Wildman–Crippen LogP) is 3.46. The Kier molecular flexibility index (Phi) is 3.08. The van der Waals surface area contributed by atoms with Crippen molar-refractivity contribution in [3.05, 3.63) is 59.0 Å². The molecule has 0 bridgehead atoms. The monoisotopic (exact) mass is 306 g/mol. The molecule has 0 aliphatic rings. The first-order chi connectivity index (χ1) is 11.1. The number of pyridine rings is 1. The van der Waals surface area contributed by atoms with Crippen LogP contribution in [-0.4, -0.2) is 14.4 Å². The van der Waals surface area contributed by atoms with E-state index in [9.17, 15) is 0 Å². The number of oxazole rings is 1. The van der Waals surface area contributed by atoms with Crippen molar-refractivity contribution >= 4 is 22.8 Å². The van der Waals surface area contributed by atoms with E-state index in [1.54, 1.807) is 0 Å². The normalized spacial score (nSPS) is 11.6. The van der Waals surface area contributed by atoms with Gasteiger partial charge in [0.1, 0.15) is 11.2 Å². The van der Waals surface area contributed by atoms with Gasteiger partial charge in [-0.2, -0.15) is 4.98 Å². The molecule has 0 spiro atoms. The molecular formula is C18H18N4O. The molecule has 0 atom stereocenters. The number of aryl methyl sites for hydroxylation is 4. The van der Waals surface area contributed by atoms with Crippen LogP contribution in [0, 0.1) is 13.8 Å². The molecule has 0 saturated heterocycles. The average molecular weight is 306 g/mol. The van der Waals surface area contributed by atoms with Gasteiger partial charge in [-0.3, -0.25) is 0 Å². The number of anilines is 1. The third kappa shape index (κ3) is 2.44. The molecule has 1 aromatic carbocycles. The first-order valence-corrected chi connectivity index (χ1v) is 7.69. The first kappa shape index (κ1) is 13.8. The van der Waals surface area contributed by atoms with Crippen molar-refractivity contribution in [1.82, 2.24) is 14.4 Å². The molecule has 4 rings (SSSR count). The zero-order valence-electron chi connectivity index (χ0n) is 13.2. The summed E-state index contributed by atoms with van der Waals surface area (Å²) in [5, 5.41) is 0.